The molecule has 0 heterocycles. The molecule has 17 heavy (non-hydrogen) atoms. The van der Waals surface area contributed by atoms with E-state index >= 15 is 0 Å². The van der Waals surface area contributed by atoms with Crippen molar-refractivity contribution in [3.63, 3.8) is 0 Å². The summed E-state index contributed by atoms with van der Waals surface area (Å²) in [5, 5.41) is 23.4. The summed E-state index contributed by atoms with van der Waals surface area (Å²) in [7, 11) is 1.72. The second-order valence-electron chi connectivity index (χ2n) is 3.44. The summed E-state index contributed by atoms with van der Waals surface area (Å²) in [5.41, 5.74) is 0.0409. The number of phenols is 1. The van der Waals surface area contributed by atoms with Crippen molar-refractivity contribution in [1.82, 2.24) is 5.32 Å². The van der Waals surface area contributed by atoms with Gasteiger partial charge in [-0.15, -0.1) is 0 Å². The van der Waals surface area contributed by atoms with Gasteiger partial charge in [0.15, 0.2) is 0 Å². The van der Waals surface area contributed by atoms with Gasteiger partial charge in [-0.3, -0.25) is 4.79 Å². The monoisotopic (exact) mass is 238 g/mol. The van der Waals surface area contributed by atoms with Gasteiger partial charge in [0, 0.05) is 13.0 Å². The number of carboxylic acid groups (broad SMARTS) is 1. The van der Waals surface area contributed by atoms with Crippen molar-refractivity contribution in [3.8, 4) is 5.75 Å². The number of nitrogens with one attached hydrogen (secondary N) is 2. The normalized spacial score (nSPS) is 9.94. The van der Waals surface area contributed by atoms with Gasteiger partial charge in [-0.05, 0) is 25.2 Å². The van der Waals surface area contributed by atoms with Crippen LogP contribution in [0.5, 0.6) is 5.75 Å². The largest absolute Gasteiger partial charge is 0.508 e. The van der Waals surface area contributed by atoms with Crippen LogP contribution in [0.1, 0.15) is 16.8 Å². The van der Waals surface area contributed by atoms with E-state index in [0.717, 1.165) is 6.07 Å². The zero-order chi connectivity index (χ0) is 12.8. The Bertz CT molecular complexity index is 431. The quantitative estimate of drug-likeness (QED) is 0.564. The Balaban J connectivity index is 2.83. The number of amides is 1. The van der Waals surface area contributed by atoms with Crippen LogP contribution in [0.2, 0.25) is 0 Å². The van der Waals surface area contributed by atoms with Crippen molar-refractivity contribution in [3.05, 3.63) is 23.8 Å². The van der Waals surface area contributed by atoms with Crippen LogP contribution in [0.15, 0.2) is 18.2 Å². The predicted molar refractivity (Wildman–Crippen MR) is 62.2 cm³/mol. The highest BCUT2D eigenvalue weighted by molar-refractivity contribution is 6.00. The van der Waals surface area contributed by atoms with Gasteiger partial charge in [0.1, 0.15) is 5.75 Å². The molecular weight excluding hydrogens is 224 g/mol. The first-order valence-corrected chi connectivity index (χ1v) is 5.05. The van der Waals surface area contributed by atoms with E-state index in [1.807, 2.05) is 0 Å². The van der Waals surface area contributed by atoms with Gasteiger partial charge in [0.05, 0.1) is 11.3 Å². The molecular formula is C11H14N2O4. The molecule has 0 radical (unpaired) electrons. The summed E-state index contributed by atoms with van der Waals surface area (Å²) in [6.07, 6.45) is 0.246. The average Bonchev–Trinajstić information content (AvgIpc) is 2.28. The molecule has 1 rings (SSSR count). The molecule has 0 saturated carbocycles. The number of aromatic hydroxyl groups is 1. The van der Waals surface area contributed by atoms with Crippen LogP contribution in [0.3, 0.4) is 0 Å². The van der Waals surface area contributed by atoms with Gasteiger partial charge in [0.2, 0.25) is 5.91 Å². The van der Waals surface area contributed by atoms with Crippen LogP contribution in [0.4, 0.5) is 5.69 Å². The Morgan fingerprint density at radius 3 is 2.65 bits per heavy atom. The maximum atomic E-state index is 11.4. The minimum absolute atomic E-state index is 0.136. The summed E-state index contributed by atoms with van der Waals surface area (Å²) in [5.74, 6) is -1.65. The Morgan fingerprint density at radius 2 is 2.06 bits per heavy atom. The van der Waals surface area contributed by atoms with Crippen LogP contribution in [0.25, 0.3) is 0 Å². The van der Waals surface area contributed by atoms with Crippen LogP contribution >= 0.6 is 0 Å². The molecule has 1 aromatic rings. The molecule has 4 N–H and O–H groups in total. The number of anilines is 1. The van der Waals surface area contributed by atoms with E-state index in [1.54, 1.807) is 7.05 Å². The minimum Gasteiger partial charge on any atom is -0.508 e. The molecule has 0 aliphatic heterocycles. The van der Waals surface area contributed by atoms with Crippen LogP contribution in [-0.4, -0.2) is 35.7 Å². The molecule has 6 heteroatoms. The van der Waals surface area contributed by atoms with E-state index in [2.05, 4.69) is 10.6 Å². The molecule has 0 aliphatic rings. The van der Waals surface area contributed by atoms with Crippen molar-refractivity contribution in [2.24, 2.45) is 0 Å². The van der Waals surface area contributed by atoms with Gasteiger partial charge >= 0.3 is 5.97 Å². The topological polar surface area (TPSA) is 98.7 Å². The molecule has 92 valence electrons. The fourth-order valence-electron chi connectivity index (χ4n) is 1.27. The Kier molecular flexibility index (Phi) is 4.47. The molecule has 0 spiro atoms. The fraction of sp³-hybridized carbons (Fsp3) is 0.273. The van der Waals surface area contributed by atoms with Crippen LogP contribution in [0, 0.1) is 0 Å². The standard InChI is InChI=1S/C11H14N2O4/c1-12-5-4-10(15)13-9-3-2-7(14)6-8(9)11(16)17/h2-3,6,12,14H,4-5H2,1H3,(H,13,15)(H,16,17). The second-order valence-corrected chi connectivity index (χ2v) is 3.44. The molecule has 0 fully saturated rings. The van der Waals surface area contributed by atoms with Crippen molar-refractivity contribution >= 4 is 17.6 Å². The Hall–Kier alpha value is -2.08. The molecule has 0 bridgehead atoms. The molecule has 0 atom stereocenters. The van der Waals surface area contributed by atoms with E-state index in [-0.39, 0.29) is 29.3 Å². The van der Waals surface area contributed by atoms with Crippen molar-refractivity contribution < 1.29 is 19.8 Å². The molecule has 1 aromatic carbocycles. The third-order valence-electron chi connectivity index (χ3n) is 2.11. The maximum Gasteiger partial charge on any atom is 0.337 e. The smallest absolute Gasteiger partial charge is 0.337 e. The molecule has 0 aromatic heterocycles. The molecule has 1 amide bonds. The molecule has 0 saturated heterocycles. The maximum absolute atomic E-state index is 11.4. The highest BCUT2D eigenvalue weighted by Gasteiger charge is 2.12. The lowest BCUT2D eigenvalue weighted by atomic mass is 10.1. The molecule has 0 unspecified atom stereocenters. The summed E-state index contributed by atoms with van der Waals surface area (Å²) >= 11 is 0. The first-order chi connectivity index (χ1) is 8.04. The van der Waals surface area contributed by atoms with Gasteiger partial charge in [-0.25, -0.2) is 4.79 Å². The number of carboxylic acids is 1. The lowest BCUT2D eigenvalue weighted by Crippen LogP contribution is -2.19. The highest BCUT2D eigenvalue weighted by Crippen LogP contribution is 2.21. The number of phenolic OH excluding ortho intramolecular Hbond substituents is 1. The van der Waals surface area contributed by atoms with Crippen LogP contribution in [-0.2, 0) is 4.79 Å². The number of aromatic carboxylic acids is 1. The molecule has 0 aliphatic carbocycles. The van der Waals surface area contributed by atoms with Crippen molar-refractivity contribution in [1.29, 1.82) is 0 Å². The van der Waals surface area contributed by atoms with Gasteiger partial charge in [-0.1, -0.05) is 0 Å². The number of carbonyl (C=O) groups is 2. The first kappa shape index (κ1) is 13.0. The van der Waals surface area contributed by atoms with E-state index in [0.29, 0.717) is 6.54 Å². The zero-order valence-electron chi connectivity index (χ0n) is 9.36. The summed E-state index contributed by atoms with van der Waals surface area (Å²) in [6.45, 7) is 0.506. The summed E-state index contributed by atoms with van der Waals surface area (Å²) in [4.78, 5) is 22.3. The van der Waals surface area contributed by atoms with E-state index in [9.17, 15) is 14.7 Å². The SMILES string of the molecule is CNCCC(=O)Nc1ccc(O)cc1C(=O)O. The lowest BCUT2D eigenvalue weighted by Gasteiger charge is -2.08. The van der Waals surface area contributed by atoms with Gasteiger partial charge < -0.3 is 20.8 Å². The van der Waals surface area contributed by atoms with E-state index in [1.165, 1.54) is 12.1 Å². The Morgan fingerprint density at radius 1 is 1.35 bits per heavy atom. The summed E-state index contributed by atoms with van der Waals surface area (Å²) in [6, 6.07) is 3.77. The third-order valence-corrected chi connectivity index (χ3v) is 2.11. The van der Waals surface area contributed by atoms with Crippen molar-refractivity contribution in [2.45, 2.75) is 6.42 Å². The summed E-state index contributed by atoms with van der Waals surface area (Å²) < 4.78 is 0. The predicted octanol–water partition coefficient (Wildman–Crippen LogP) is 0.638. The lowest BCUT2D eigenvalue weighted by molar-refractivity contribution is -0.116. The number of carbonyl (C=O) groups excluding carboxylic acids is 1. The average molecular weight is 238 g/mol. The van der Waals surface area contributed by atoms with Crippen molar-refractivity contribution in [2.75, 3.05) is 18.9 Å². The Labute approximate surface area is 98.3 Å². The second kappa shape index (κ2) is 5.86. The van der Waals surface area contributed by atoms with E-state index < -0.39 is 5.97 Å². The number of hydrogen-bond acceptors (Lipinski definition) is 4. The number of hydrogen-bond donors (Lipinski definition) is 4. The minimum atomic E-state index is -1.20. The zero-order valence-corrected chi connectivity index (χ0v) is 9.36. The molecule has 6 nitrogen and oxygen atoms in total. The van der Waals surface area contributed by atoms with Gasteiger partial charge in [-0.2, -0.15) is 0 Å². The highest BCUT2D eigenvalue weighted by atomic mass is 16.4. The number of rotatable bonds is 5. The van der Waals surface area contributed by atoms with Gasteiger partial charge in [0.25, 0.3) is 0 Å². The van der Waals surface area contributed by atoms with Crippen LogP contribution < -0.4 is 10.6 Å². The third kappa shape index (κ3) is 3.76. The van der Waals surface area contributed by atoms with E-state index in [4.69, 9.17) is 5.11 Å². The first-order valence-electron chi connectivity index (χ1n) is 5.05. The fourth-order valence-corrected chi connectivity index (χ4v) is 1.27. The number of benzene rings is 1.